The largest absolute Gasteiger partial charge is 0.357 e. The van der Waals surface area contributed by atoms with E-state index in [1.807, 2.05) is 18.2 Å². The quantitative estimate of drug-likeness (QED) is 0.255. The van der Waals surface area contributed by atoms with Gasteiger partial charge in [0.25, 0.3) is 5.69 Å². The number of nitrogens with one attached hydrogen (secondary N) is 1. The summed E-state index contributed by atoms with van der Waals surface area (Å²) in [4.78, 5) is 39.1. The predicted octanol–water partition coefficient (Wildman–Crippen LogP) is 4.36. The van der Waals surface area contributed by atoms with Crippen LogP contribution in [0.1, 0.15) is 16.7 Å². The molecule has 212 valence electrons. The van der Waals surface area contributed by atoms with E-state index < -0.39 is 39.3 Å². The maximum atomic E-state index is 14.0. The topological polar surface area (TPSA) is 130 Å². The fraction of sp³-hybridized carbons (Fsp3) is 0.259. The van der Waals surface area contributed by atoms with E-state index in [0.29, 0.717) is 16.1 Å². The highest BCUT2D eigenvalue weighted by Crippen LogP contribution is 2.29. The number of aryl methyl sites for hydroxylation is 1. The van der Waals surface area contributed by atoms with Crippen molar-refractivity contribution < 1.29 is 22.9 Å². The van der Waals surface area contributed by atoms with Gasteiger partial charge in [-0.15, -0.1) is 0 Å². The van der Waals surface area contributed by atoms with Crippen molar-refractivity contribution in [2.45, 2.75) is 25.9 Å². The second-order valence-electron chi connectivity index (χ2n) is 9.09. The van der Waals surface area contributed by atoms with E-state index in [-0.39, 0.29) is 29.4 Å². The molecule has 0 aliphatic carbocycles. The number of nitro groups is 1. The molecule has 0 aromatic heterocycles. The second-order valence-corrected chi connectivity index (χ2v) is 11.8. The van der Waals surface area contributed by atoms with E-state index in [2.05, 4.69) is 5.32 Å². The maximum Gasteiger partial charge on any atom is 0.271 e. The Kier molecular flexibility index (Phi) is 10.1. The molecule has 0 fully saturated rings. The van der Waals surface area contributed by atoms with E-state index in [4.69, 9.17) is 23.2 Å². The molecule has 0 heterocycles. The molecule has 1 atom stereocenters. The lowest BCUT2D eigenvalue weighted by Gasteiger charge is -2.33. The van der Waals surface area contributed by atoms with Crippen LogP contribution >= 0.6 is 23.2 Å². The molecule has 0 aliphatic heterocycles. The van der Waals surface area contributed by atoms with Crippen molar-refractivity contribution in [1.29, 1.82) is 0 Å². The van der Waals surface area contributed by atoms with Crippen molar-refractivity contribution in [3.8, 4) is 0 Å². The monoisotopic (exact) mass is 606 g/mol. The van der Waals surface area contributed by atoms with Gasteiger partial charge in [0.2, 0.25) is 21.8 Å². The van der Waals surface area contributed by atoms with Gasteiger partial charge in [-0.25, -0.2) is 8.42 Å². The number of hydrogen-bond donors (Lipinski definition) is 1. The molecule has 0 bridgehead atoms. The van der Waals surface area contributed by atoms with Gasteiger partial charge in [0.1, 0.15) is 12.6 Å². The summed E-state index contributed by atoms with van der Waals surface area (Å²) >= 11 is 12.3. The molecule has 0 saturated carbocycles. The van der Waals surface area contributed by atoms with Crippen LogP contribution in [0.3, 0.4) is 0 Å². The Morgan fingerprint density at radius 2 is 1.68 bits per heavy atom. The third-order valence-electron chi connectivity index (χ3n) is 6.21. The Morgan fingerprint density at radius 1 is 1.00 bits per heavy atom. The maximum absolute atomic E-state index is 14.0. The zero-order valence-electron chi connectivity index (χ0n) is 22.0. The van der Waals surface area contributed by atoms with Crippen LogP contribution in [0.4, 0.5) is 11.4 Å². The molecule has 10 nitrogen and oxygen atoms in total. The molecular weight excluding hydrogens is 579 g/mol. The van der Waals surface area contributed by atoms with Gasteiger partial charge in [0, 0.05) is 32.1 Å². The minimum absolute atomic E-state index is 0.0147. The molecule has 3 aromatic rings. The molecule has 0 unspecified atom stereocenters. The number of nitro benzene ring substituents is 1. The van der Waals surface area contributed by atoms with E-state index >= 15 is 0 Å². The van der Waals surface area contributed by atoms with Gasteiger partial charge in [0.15, 0.2) is 0 Å². The van der Waals surface area contributed by atoms with Crippen molar-refractivity contribution >= 4 is 56.4 Å². The first kappa shape index (κ1) is 30.9. The summed E-state index contributed by atoms with van der Waals surface area (Å²) in [6.07, 6.45) is 1.05. The number of amides is 2. The van der Waals surface area contributed by atoms with E-state index in [1.165, 1.54) is 24.1 Å². The number of carbonyl (C=O) groups excluding carboxylic acids is 2. The summed E-state index contributed by atoms with van der Waals surface area (Å²) in [5.41, 5.74) is 1.40. The van der Waals surface area contributed by atoms with E-state index in [0.717, 1.165) is 22.2 Å². The number of anilines is 1. The molecule has 0 radical (unpaired) electrons. The Hall–Kier alpha value is -3.67. The van der Waals surface area contributed by atoms with Crippen LogP contribution < -0.4 is 9.62 Å². The number of likely N-dealkylation sites (N-methyl/N-ethyl adjacent to an activating group) is 1. The zero-order chi connectivity index (χ0) is 29.6. The average molecular weight is 608 g/mol. The summed E-state index contributed by atoms with van der Waals surface area (Å²) in [6, 6.07) is 16.6. The van der Waals surface area contributed by atoms with Crippen LogP contribution in [0.15, 0.2) is 66.7 Å². The van der Waals surface area contributed by atoms with Crippen molar-refractivity contribution in [3.05, 3.63) is 104 Å². The Labute approximate surface area is 242 Å². The molecule has 2 amide bonds. The van der Waals surface area contributed by atoms with Crippen LogP contribution in [-0.4, -0.2) is 55.9 Å². The van der Waals surface area contributed by atoms with Gasteiger partial charge < -0.3 is 10.2 Å². The zero-order valence-corrected chi connectivity index (χ0v) is 24.3. The van der Waals surface area contributed by atoms with Gasteiger partial charge in [-0.3, -0.25) is 24.0 Å². The predicted molar refractivity (Wildman–Crippen MR) is 155 cm³/mol. The highest BCUT2D eigenvalue weighted by atomic mass is 35.5. The normalized spacial score (nSPS) is 11.9. The molecule has 0 saturated heterocycles. The van der Waals surface area contributed by atoms with Crippen LogP contribution in [0, 0.1) is 17.0 Å². The number of benzene rings is 3. The molecule has 0 aliphatic rings. The summed E-state index contributed by atoms with van der Waals surface area (Å²) < 4.78 is 26.6. The first-order valence-electron chi connectivity index (χ1n) is 12.0. The number of rotatable bonds is 11. The van der Waals surface area contributed by atoms with Crippen molar-refractivity contribution in [1.82, 2.24) is 10.2 Å². The lowest BCUT2D eigenvalue weighted by molar-refractivity contribution is -0.384. The van der Waals surface area contributed by atoms with Crippen LogP contribution in [-0.2, 0) is 32.6 Å². The molecule has 1 N–H and O–H groups in total. The molecule has 13 heteroatoms. The Morgan fingerprint density at radius 3 is 2.25 bits per heavy atom. The number of halogens is 2. The average Bonchev–Trinajstić information content (AvgIpc) is 2.91. The number of hydrogen-bond acceptors (Lipinski definition) is 6. The third-order valence-corrected chi connectivity index (χ3v) is 8.07. The molecule has 0 spiro atoms. The highest BCUT2D eigenvalue weighted by Gasteiger charge is 2.33. The Balaban J connectivity index is 2.09. The third kappa shape index (κ3) is 7.71. The number of non-ortho nitro benzene ring substituents is 1. The SMILES string of the molecule is CNC(=O)[C@H](Cc1ccccc1)N(Cc1ccc(Cl)c(Cl)c1)C(=O)CN(c1cc([N+](=O)[O-])ccc1C)S(C)(=O)=O. The lowest BCUT2D eigenvalue weighted by atomic mass is 10.0. The van der Waals surface area contributed by atoms with Crippen LogP contribution in [0.2, 0.25) is 10.0 Å². The molecule has 3 rings (SSSR count). The number of carbonyl (C=O) groups is 2. The fourth-order valence-electron chi connectivity index (χ4n) is 4.13. The summed E-state index contributed by atoms with van der Waals surface area (Å²) in [7, 11) is -2.64. The molecule has 3 aromatic carbocycles. The minimum Gasteiger partial charge on any atom is -0.357 e. The lowest BCUT2D eigenvalue weighted by Crippen LogP contribution is -2.53. The van der Waals surface area contributed by atoms with Crippen molar-refractivity contribution in [3.63, 3.8) is 0 Å². The van der Waals surface area contributed by atoms with E-state index in [9.17, 15) is 28.1 Å². The number of sulfonamides is 1. The highest BCUT2D eigenvalue weighted by molar-refractivity contribution is 7.92. The van der Waals surface area contributed by atoms with Crippen LogP contribution in [0.5, 0.6) is 0 Å². The smallest absolute Gasteiger partial charge is 0.271 e. The van der Waals surface area contributed by atoms with Gasteiger partial charge in [-0.1, -0.05) is 65.7 Å². The van der Waals surface area contributed by atoms with Gasteiger partial charge >= 0.3 is 0 Å². The van der Waals surface area contributed by atoms with Crippen molar-refractivity contribution in [2.24, 2.45) is 0 Å². The van der Waals surface area contributed by atoms with Gasteiger partial charge in [0.05, 0.1) is 26.9 Å². The summed E-state index contributed by atoms with van der Waals surface area (Å²) in [5.74, 6) is -1.17. The second kappa shape index (κ2) is 13.1. The number of nitrogens with zero attached hydrogens (tertiary/aromatic N) is 3. The van der Waals surface area contributed by atoms with Crippen molar-refractivity contribution in [2.75, 3.05) is 24.2 Å². The van der Waals surface area contributed by atoms with E-state index in [1.54, 1.807) is 37.3 Å². The molecular formula is C27H28Cl2N4O6S. The standard InChI is InChI=1S/C27H28Cl2N4O6S/c1-18-9-11-21(33(36)37)15-24(18)32(40(3,38)39)17-26(34)31(16-20-10-12-22(28)23(29)13-20)25(27(35)30-2)14-19-7-5-4-6-8-19/h4-13,15,25H,14,16-17H2,1-3H3,(H,30,35)/t25-/m0/s1. The summed E-state index contributed by atoms with van der Waals surface area (Å²) in [6.45, 7) is 0.786. The van der Waals surface area contributed by atoms with Crippen LogP contribution in [0.25, 0.3) is 0 Å². The van der Waals surface area contributed by atoms with Gasteiger partial charge in [-0.05, 0) is 35.7 Å². The molecule has 40 heavy (non-hydrogen) atoms. The summed E-state index contributed by atoms with van der Waals surface area (Å²) in [5, 5.41) is 14.5. The first-order valence-corrected chi connectivity index (χ1v) is 14.6. The van der Waals surface area contributed by atoms with Gasteiger partial charge in [-0.2, -0.15) is 0 Å². The Bertz CT molecular complexity index is 1520. The minimum atomic E-state index is -4.08. The first-order chi connectivity index (χ1) is 18.8. The fourth-order valence-corrected chi connectivity index (χ4v) is 5.35.